The van der Waals surface area contributed by atoms with Crippen LogP contribution in [0.3, 0.4) is 0 Å². The first-order valence-electron chi connectivity index (χ1n) is 12.9. The molecule has 0 saturated carbocycles. The van der Waals surface area contributed by atoms with Crippen molar-refractivity contribution in [3.63, 3.8) is 0 Å². The molecule has 2 aromatic carbocycles. The Kier molecular flexibility index (Phi) is 10.0. The molecule has 1 aliphatic heterocycles. The summed E-state index contributed by atoms with van der Waals surface area (Å²) >= 11 is 12.2. The van der Waals surface area contributed by atoms with E-state index in [2.05, 4.69) is 10.5 Å². The summed E-state index contributed by atoms with van der Waals surface area (Å²) in [7, 11) is -3.91. The van der Waals surface area contributed by atoms with E-state index in [-0.39, 0.29) is 23.7 Å². The highest BCUT2D eigenvalue weighted by Crippen LogP contribution is 2.26. The Morgan fingerprint density at radius 3 is 2.35 bits per heavy atom. The van der Waals surface area contributed by atoms with Crippen LogP contribution in [-0.2, 0) is 32.7 Å². The lowest BCUT2D eigenvalue weighted by atomic mass is 10.2. The first kappa shape index (κ1) is 29.8. The van der Waals surface area contributed by atoms with Gasteiger partial charge < -0.3 is 9.32 Å². The zero-order chi connectivity index (χ0) is 28.7. The van der Waals surface area contributed by atoms with Crippen molar-refractivity contribution in [3.8, 4) is 0 Å². The second kappa shape index (κ2) is 13.5. The largest absolute Gasteiger partial charge is 0.459 e. The van der Waals surface area contributed by atoms with Crippen LogP contribution in [-0.4, -0.2) is 48.7 Å². The molecule has 2 heterocycles. The second-order valence-corrected chi connectivity index (χ2v) is 12.3. The van der Waals surface area contributed by atoms with E-state index in [1.165, 1.54) is 10.5 Å². The number of likely N-dealkylation sites (tertiary alicyclic amines) is 1. The number of benzene rings is 2. The fraction of sp³-hybridized carbons (Fsp3) is 0.321. The first-order chi connectivity index (χ1) is 19.1. The van der Waals surface area contributed by atoms with Crippen LogP contribution in [0.15, 0.2) is 69.0 Å². The van der Waals surface area contributed by atoms with Gasteiger partial charge in [-0.15, -0.1) is 0 Å². The zero-order valence-corrected chi connectivity index (χ0v) is 24.3. The molecular formula is C28H30Cl2N4O5S. The number of sulfonamides is 1. The van der Waals surface area contributed by atoms with Gasteiger partial charge in [0.1, 0.15) is 11.5 Å². The van der Waals surface area contributed by atoms with E-state index in [0.717, 1.165) is 31.2 Å². The van der Waals surface area contributed by atoms with E-state index in [9.17, 15) is 18.0 Å². The Labute approximate surface area is 243 Å². The van der Waals surface area contributed by atoms with Crippen molar-refractivity contribution in [2.75, 3.05) is 13.1 Å². The monoisotopic (exact) mass is 604 g/mol. The van der Waals surface area contributed by atoms with Crippen LogP contribution in [0.25, 0.3) is 0 Å². The molecule has 1 N–H and O–H groups in total. The molecule has 3 aromatic rings. The smallest absolute Gasteiger partial charge is 0.329 e. The molecule has 2 amide bonds. The summed E-state index contributed by atoms with van der Waals surface area (Å²) in [5, 5.41) is 4.53. The highest BCUT2D eigenvalue weighted by molar-refractivity contribution is 7.89. The number of halogens is 2. The van der Waals surface area contributed by atoms with Crippen molar-refractivity contribution < 1.29 is 22.4 Å². The number of furan rings is 1. The van der Waals surface area contributed by atoms with E-state index in [0.29, 0.717) is 34.5 Å². The SMILES string of the molecule is Cc1ccc(S(=O)(=O)N(Cc2ccc(Cl)c(Cl)c2)Cc2ccc(/C=N/NC(=O)C(=O)N3CCCCCC3)o2)cc1. The van der Waals surface area contributed by atoms with E-state index in [1.807, 2.05) is 6.92 Å². The molecule has 212 valence electrons. The molecule has 0 radical (unpaired) electrons. The molecule has 1 fully saturated rings. The minimum absolute atomic E-state index is 0.0197. The molecule has 1 aromatic heterocycles. The molecular weight excluding hydrogens is 575 g/mol. The summed E-state index contributed by atoms with van der Waals surface area (Å²) in [6.45, 7) is 2.93. The summed E-state index contributed by atoms with van der Waals surface area (Å²) in [6, 6.07) is 14.7. The van der Waals surface area contributed by atoms with Crippen LogP contribution < -0.4 is 5.43 Å². The Hall–Kier alpha value is -3.18. The minimum Gasteiger partial charge on any atom is -0.459 e. The highest BCUT2D eigenvalue weighted by atomic mass is 35.5. The number of hydrazone groups is 1. The normalized spacial score (nSPS) is 14.4. The molecule has 0 aliphatic carbocycles. The summed E-state index contributed by atoms with van der Waals surface area (Å²) in [4.78, 5) is 26.3. The van der Waals surface area contributed by atoms with Crippen LogP contribution in [0.1, 0.15) is 48.3 Å². The van der Waals surface area contributed by atoms with Gasteiger partial charge in [-0.05, 0) is 61.7 Å². The molecule has 9 nitrogen and oxygen atoms in total. The zero-order valence-electron chi connectivity index (χ0n) is 22.0. The van der Waals surface area contributed by atoms with Crippen LogP contribution in [0.5, 0.6) is 0 Å². The number of carbonyl (C=O) groups excluding carboxylic acids is 2. The number of nitrogens with one attached hydrogen (secondary N) is 1. The number of rotatable bonds is 8. The second-order valence-electron chi connectivity index (χ2n) is 9.54. The number of hydrogen-bond acceptors (Lipinski definition) is 6. The predicted octanol–water partition coefficient (Wildman–Crippen LogP) is 5.14. The summed E-state index contributed by atoms with van der Waals surface area (Å²) in [6.07, 6.45) is 5.09. The fourth-order valence-electron chi connectivity index (χ4n) is 4.27. The lowest BCUT2D eigenvalue weighted by Crippen LogP contribution is -2.41. The van der Waals surface area contributed by atoms with Crippen LogP contribution in [0.4, 0.5) is 0 Å². The maximum absolute atomic E-state index is 13.6. The lowest BCUT2D eigenvalue weighted by Gasteiger charge is -2.22. The van der Waals surface area contributed by atoms with Gasteiger partial charge >= 0.3 is 11.8 Å². The molecule has 12 heteroatoms. The predicted molar refractivity (Wildman–Crippen MR) is 154 cm³/mol. The highest BCUT2D eigenvalue weighted by Gasteiger charge is 2.26. The summed E-state index contributed by atoms with van der Waals surface area (Å²) in [5.74, 6) is -0.802. The number of nitrogens with zero attached hydrogens (tertiary/aromatic N) is 3. The molecule has 0 atom stereocenters. The van der Waals surface area contributed by atoms with Gasteiger partial charge in [0.05, 0.1) is 27.7 Å². The van der Waals surface area contributed by atoms with E-state index < -0.39 is 21.8 Å². The van der Waals surface area contributed by atoms with E-state index in [4.69, 9.17) is 27.6 Å². The van der Waals surface area contributed by atoms with Crippen LogP contribution >= 0.6 is 23.2 Å². The quantitative estimate of drug-likeness (QED) is 0.217. The average molecular weight is 606 g/mol. The average Bonchev–Trinajstić information content (AvgIpc) is 3.19. The standard InChI is InChI=1S/C28H30Cl2N4O5S/c1-20-6-11-24(12-7-20)40(37,38)34(18-21-8-13-25(29)26(30)16-21)19-23-10-9-22(39-23)17-31-32-27(35)28(36)33-14-4-2-3-5-15-33/h6-13,16-17H,2-5,14-15,18-19H2,1H3,(H,32,35)/b31-17+. The molecule has 40 heavy (non-hydrogen) atoms. The maximum Gasteiger partial charge on any atom is 0.329 e. The van der Waals surface area contributed by atoms with Gasteiger partial charge in [-0.3, -0.25) is 9.59 Å². The Morgan fingerprint density at radius 1 is 0.975 bits per heavy atom. The van der Waals surface area contributed by atoms with Gasteiger partial charge in [-0.1, -0.05) is 59.8 Å². The van der Waals surface area contributed by atoms with Gasteiger partial charge in [0, 0.05) is 19.6 Å². The Morgan fingerprint density at radius 2 is 1.68 bits per heavy atom. The molecule has 1 aliphatic rings. The topological polar surface area (TPSA) is 112 Å². The van der Waals surface area contributed by atoms with Crippen molar-refractivity contribution in [1.29, 1.82) is 0 Å². The van der Waals surface area contributed by atoms with Crippen molar-refractivity contribution in [2.45, 2.75) is 50.6 Å². The van der Waals surface area contributed by atoms with Crippen LogP contribution in [0.2, 0.25) is 10.0 Å². The third-order valence-electron chi connectivity index (χ3n) is 6.46. The third kappa shape index (κ3) is 7.72. The molecule has 0 unspecified atom stereocenters. The van der Waals surface area contributed by atoms with Gasteiger partial charge in [0.2, 0.25) is 10.0 Å². The lowest BCUT2D eigenvalue weighted by molar-refractivity contribution is -0.145. The number of carbonyl (C=O) groups is 2. The fourth-order valence-corrected chi connectivity index (χ4v) is 5.98. The molecule has 0 bridgehead atoms. The van der Waals surface area contributed by atoms with Crippen molar-refractivity contribution >= 4 is 51.3 Å². The number of hydrogen-bond donors (Lipinski definition) is 1. The van der Waals surface area contributed by atoms with E-state index in [1.54, 1.807) is 59.5 Å². The van der Waals surface area contributed by atoms with Crippen molar-refractivity contribution in [3.05, 3.63) is 87.3 Å². The van der Waals surface area contributed by atoms with Gasteiger partial charge in [0.15, 0.2) is 0 Å². The minimum atomic E-state index is -3.91. The Balaban J connectivity index is 1.47. The third-order valence-corrected chi connectivity index (χ3v) is 9.01. The van der Waals surface area contributed by atoms with Crippen molar-refractivity contribution in [2.24, 2.45) is 5.10 Å². The van der Waals surface area contributed by atoms with Crippen LogP contribution in [0, 0.1) is 6.92 Å². The van der Waals surface area contributed by atoms with Gasteiger partial charge in [-0.25, -0.2) is 13.8 Å². The van der Waals surface area contributed by atoms with Crippen molar-refractivity contribution in [1.82, 2.24) is 14.6 Å². The Bertz CT molecular complexity index is 1480. The molecule has 0 spiro atoms. The first-order valence-corrected chi connectivity index (χ1v) is 15.0. The van der Waals surface area contributed by atoms with E-state index >= 15 is 0 Å². The maximum atomic E-state index is 13.6. The summed E-state index contributed by atoms with van der Waals surface area (Å²) in [5.41, 5.74) is 3.82. The number of amides is 2. The molecule has 4 rings (SSSR count). The van der Waals surface area contributed by atoms with Gasteiger partial charge in [0.25, 0.3) is 0 Å². The molecule has 1 saturated heterocycles. The summed E-state index contributed by atoms with van der Waals surface area (Å²) < 4.78 is 34.2. The number of aryl methyl sites for hydroxylation is 1. The van der Waals surface area contributed by atoms with Gasteiger partial charge in [-0.2, -0.15) is 9.41 Å².